The fourth-order valence-corrected chi connectivity index (χ4v) is 4.60. The second kappa shape index (κ2) is 13.6. The summed E-state index contributed by atoms with van der Waals surface area (Å²) in [7, 11) is 0. The number of para-hydroxylation sites is 1. The van der Waals surface area contributed by atoms with Crippen LogP contribution >= 0.6 is 0 Å². The summed E-state index contributed by atoms with van der Waals surface area (Å²) < 4.78 is 0. The highest BCUT2D eigenvalue weighted by atomic mass is 16.2. The highest BCUT2D eigenvalue weighted by Crippen LogP contribution is 2.19. The van der Waals surface area contributed by atoms with Crippen LogP contribution in [0.5, 0.6) is 0 Å². The minimum atomic E-state index is -0.831. The molecule has 3 aromatic carbocycles. The molecule has 4 rings (SSSR count). The average molecular weight is 512 g/mol. The van der Waals surface area contributed by atoms with Crippen LogP contribution in [0.25, 0.3) is 10.9 Å². The SMILES string of the molecule is NCCCCc1ccc(CCNC(=O)[C@H](NC(=O)[C@@H](N)Cc2c[nH]c3ccccc23)c2ccccc2)cc1. The highest BCUT2D eigenvalue weighted by molar-refractivity contribution is 5.91. The summed E-state index contributed by atoms with van der Waals surface area (Å²) in [5.74, 6) is -0.633. The Bertz CT molecular complexity index is 1320. The topological polar surface area (TPSA) is 126 Å². The summed E-state index contributed by atoms with van der Waals surface area (Å²) in [6.07, 6.45) is 6.08. The summed E-state index contributed by atoms with van der Waals surface area (Å²) >= 11 is 0. The zero-order chi connectivity index (χ0) is 26.7. The number of nitrogens with one attached hydrogen (secondary N) is 3. The molecule has 0 aliphatic heterocycles. The van der Waals surface area contributed by atoms with Crippen molar-refractivity contribution in [1.29, 1.82) is 0 Å². The Morgan fingerprint density at radius 3 is 2.24 bits per heavy atom. The van der Waals surface area contributed by atoms with Crippen LogP contribution < -0.4 is 22.1 Å². The Labute approximate surface area is 224 Å². The number of hydrogen-bond acceptors (Lipinski definition) is 4. The molecular weight excluding hydrogens is 474 g/mol. The number of fused-ring (bicyclic) bond motifs is 1. The van der Waals surface area contributed by atoms with Crippen molar-refractivity contribution in [2.24, 2.45) is 11.5 Å². The van der Waals surface area contributed by atoms with Crippen LogP contribution in [0.1, 0.15) is 41.1 Å². The first-order valence-corrected chi connectivity index (χ1v) is 13.3. The molecule has 0 bridgehead atoms. The van der Waals surface area contributed by atoms with Gasteiger partial charge in [0.1, 0.15) is 6.04 Å². The van der Waals surface area contributed by atoms with E-state index in [4.69, 9.17) is 11.5 Å². The molecular formula is C31H37N5O2. The van der Waals surface area contributed by atoms with Gasteiger partial charge in [0.05, 0.1) is 6.04 Å². The van der Waals surface area contributed by atoms with Crippen molar-refractivity contribution in [1.82, 2.24) is 15.6 Å². The van der Waals surface area contributed by atoms with Gasteiger partial charge in [-0.25, -0.2) is 0 Å². The standard InChI is InChI=1S/C31H37N5O2/c32-18-7-6-8-22-13-15-23(16-14-22)17-19-34-31(38)29(24-9-2-1-3-10-24)36-30(37)27(33)20-25-21-35-28-12-5-4-11-26(25)28/h1-5,9-16,21,27,29,35H,6-8,17-20,32-33H2,(H,34,38)(H,36,37)/t27-,29+/m0/s1. The maximum Gasteiger partial charge on any atom is 0.247 e. The fourth-order valence-electron chi connectivity index (χ4n) is 4.60. The van der Waals surface area contributed by atoms with Crippen molar-refractivity contribution < 1.29 is 9.59 Å². The summed E-state index contributed by atoms with van der Waals surface area (Å²) in [6, 6.07) is 24.0. The Hall–Kier alpha value is -3.94. The second-order valence-electron chi connectivity index (χ2n) is 9.63. The summed E-state index contributed by atoms with van der Waals surface area (Å²) in [6.45, 7) is 1.18. The number of benzene rings is 3. The lowest BCUT2D eigenvalue weighted by molar-refractivity contribution is -0.129. The number of unbranched alkanes of at least 4 members (excludes halogenated alkanes) is 1. The molecule has 38 heavy (non-hydrogen) atoms. The third-order valence-corrected chi connectivity index (χ3v) is 6.79. The lowest BCUT2D eigenvalue weighted by atomic mass is 10.0. The monoisotopic (exact) mass is 511 g/mol. The number of carbonyl (C=O) groups is 2. The van der Waals surface area contributed by atoms with Gasteiger partial charge in [-0.2, -0.15) is 0 Å². The van der Waals surface area contributed by atoms with Gasteiger partial charge in [0, 0.05) is 23.6 Å². The normalized spacial score (nSPS) is 12.7. The predicted octanol–water partition coefficient (Wildman–Crippen LogP) is 3.54. The molecule has 0 radical (unpaired) electrons. The summed E-state index contributed by atoms with van der Waals surface area (Å²) in [5.41, 5.74) is 17.0. The van der Waals surface area contributed by atoms with Crippen LogP contribution in [0, 0.1) is 0 Å². The van der Waals surface area contributed by atoms with Crippen molar-refractivity contribution in [3.05, 3.63) is 107 Å². The van der Waals surface area contributed by atoms with Gasteiger partial charge in [-0.05, 0) is 67.0 Å². The lowest BCUT2D eigenvalue weighted by Gasteiger charge is -2.21. The molecule has 4 aromatic rings. The Kier molecular flexibility index (Phi) is 9.67. The van der Waals surface area contributed by atoms with E-state index >= 15 is 0 Å². The maximum absolute atomic E-state index is 13.2. The van der Waals surface area contributed by atoms with E-state index in [1.54, 1.807) is 0 Å². The number of carbonyl (C=O) groups excluding carboxylic acids is 2. The largest absolute Gasteiger partial charge is 0.361 e. The van der Waals surface area contributed by atoms with Gasteiger partial charge in [0.2, 0.25) is 11.8 Å². The van der Waals surface area contributed by atoms with Crippen LogP contribution in [0.4, 0.5) is 0 Å². The molecule has 0 saturated carbocycles. The van der Waals surface area contributed by atoms with Gasteiger partial charge in [-0.1, -0.05) is 72.8 Å². The zero-order valence-electron chi connectivity index (χ0n) is 21.7. The molecule has 7 nitrogen and oxygen atoms in total. The molecule has 1 aromatic heterocycles. The first kappa shape index (κ1) is 27.1. The van der Waals surface area contributed by atoms with Crippen molar-refractivity contribution >= 4 is 22.7 Å². The van der Waals surface area contributed by atoms with Crippen molar-refractivity contribution in [3.8, 4) is 0 Å². The highest BCUT2D eigenvalue weighted by Gasteiger charge is 2.25. The molecule has 198 valence electrons. The molecule has 0 aliphatic rings. The molecule has 2 amide bonds. The quantitative estimate of drug-likeness (QED) is 0.176. The molecule has 0 aliphatic carbocycles. The van der Waals surface area contributed by atoms with E-state index in [1.165, 1.54) is 5.56 Å². The molecule has 0 spiro atoms. The van der Waals surface area contributed by atoms with Crippen molar-refractivity contribution in [2.75, 3.05) is 13.1 Å². The summed E-state index contributed by atoms with van der Waals surface area (Å²) in [5, 5.41) is 6.90. The third-order valence-electron chi connectivity index (χ3n) is 6.79. The van der Waals surface area contributed by atoms with E-state index < -0.39 is 12.1 Å². The molecule has 2 atom stereocenters. The number of aryl methyl sites for hydroxylation is 1. The molecule has 1 heterocycles. The molecule has 0 fully saturated rings. The lowest BCUT2D eigenvalue weighted by Crippen LogP contribution is -2.47. The van der Waals surface area contributed by atoms with E-state index in [0.29, 0.717) is 24.9 Å². The Balaban J connectivity index is 1.35. The number of H-pyrrole nitrogens is 1. The van der Waals surface area contributed by atoms with Crippen LogP contribution in [0.2, 0.25) is 0 Å². The van der Waals surface area contributed by atoms with Crippen LogP contribution in [0.3, 0.4) is 0 Å². The minimum Gasteiger partial charge on any atom is -0.361 e. The van der Waals surface area contributed by atoms with Gasteiger partial charge >= 0.3 is 0 Å². The number of nitrogens with two attached hydrogens (primary N) is 2. The average Bonchev–Trinajstić information content (AvgIpc) is 3.35. The van der Waals surface area contributed by atoms with Gasteiger partial charge in [-0.15, -0.1) is 0 Å². The number of amides is 2. The molecule has 7 N–H and O–H groups in total. The predicted molar refractivity (Wildman–Crippen MR) is 152 cm³/mol. The van der Waals surface area contributed by atoms with E-state index in [0.717, 1.165) is 47.8 Å². The van der Waals surface area contributed by atoms with Gasteiger partial charge in [-0.3, -0.25) is 9.59 Å². The molecule has 7 heteroatoms. The van der Waals surface area contributed by atoms with Gasteiger partial charge < -0.3 is 27.1 Å². The van der Waals surface area contributed by atoms with E-state index in [-0.39, 0.29) is 11.8 Å². The number of aromatic amines is 1. The van der Waals surface area contributed by atoms with E-state index in [1.807, 2.05) is 60.8 Å². The van der Waals surface area contributed by atoms with Gasteiger partial charge in [0.25, 0.3) is 0 Å². The summed E-state index contributed by atoms with van der Waals surface area (Å²) in [4.78, 5) is 29.5. The minimum absolute atomic E-state index is 0.262. The van der Waals surface area contributed by atoms with Crippen LogP contribution in [-0.4, -0.2) is 35.9 Å². The number of hydrogen-bond donors (Lipinski definition) is 5. The van der Waals surface area contributed by atoms with Gasteiger partial charge in [0.15, 0.2) is 0 Å². The van der Waals surface area contributed by atoms with Crippen molar-refractivity contribution in [3.63, 3.8) is 0 Å². The van der Waals surface area contributed by atoms with Crippen LogP contribution in [0.15, 0.2) is 85.1 Å². The molecule has 0 unspecified atom stereocenters. The molecule has 0 saturated heterocycles. The smallest absolute Gasteiger partial charge is 0.247 e. The zero-order valence-corrected chi connectivity index (χ0v) is 21.7. The Morgan fingerprint density at radius 2 is 1.50 bits per heavy atom. The third kappa shape index (κ3) is 7.31. The number of rotatable bonds is 13. The van der Waals surface area contributed by atoms with Crippen molar-refractivity contribution in [2.45, 2.75) is 44.2 Å². The first-order chi connectivity index (χ1) is 18.5. The van der Waals surface area contributed by atoms with E-state index in [9.17, 15) is 9.59 Å². The fraction of sp³-hybridized carbons (Fsp3) is 0.290. The Morgan fingerprint density at radius 1 is 0.816 bits per heavy atom. The van der Waals surface area contributed by atoms with E-state index in [2.05, 4.69) is 39.9 Å². The first-order valence-electron chi connectivity index (χ1n) is 13.3. The maximum atomic E-state index is 13.2. The number of aromatic nitrogens is 1. The van der Waals surface area contributed by atoms with Crippen LogP contribution in [-0.2, 0) is 28.9 Å². The second-order valence-corrected chi connectivity index (χ2v) is 9.63.